The molecule has 1 heterocycles. The summed E-state index contributed by atoms with van der Waals surface area (Å²) in [7, 11) is 2.99. The molecule has 1 saturated heterocycles. The molecule has 0 spiro atoms. The first-order valence-electron chi connectivity index (χ1n) is 7.88. The number of carbonyl (C=O) groups is 1. The van der Waals surface area contributed by atoms with E-state index in [1.165, 1.54) is 12.7 Å². The highest BCUT2D eigenvalue weighted by Gasteiger charge is 2.32. The van der Waals surface area contributed by atoms with Gasteiger partial charge in [0.1, 0.15) is 11.8 Å². The van der Waals surface area contributed by atoms with Crippen molar-refractivity contribution in [2.24, 2.45) is 0 Å². The fourth-order valence-corrected chi connectivity index (χ4v) is 3.21. The van der Waals surface area contributed by atoms with Crippen molar-refractivity contribution >= 4 is 22.8 Å². The van der Waals surface area contributed by atoms with Crippen molar-refractivity contribution in [2.75, 3.05) is 20.8 Å². The van der Waals surface area contributed by atoms with Crippen molar-refractivity contribution in [1.29, 1.82) is 0 Å². The number of benzene rings is 2. The molecule has 126 valence electrons. The highest BCUT2D eigenvalue weighted by atomic mass is 17.2. The molecule has 0 aromatic heterocycles. The van der Waals surface area contributed by atoms with E-state index >= 15 is 0 Å². The van der Waals surface area contributed by atoms with Gasteiger partial charge in [-0.05, 0) is 40.8 Å². The molecule has 5 heteroatoms. The van der Waals surface area contributed by atoms with E-state index in [1.807, 2.05) is 6.07 Å². The maximum absolute atomic E-state index is 11.8. The second-order valence-electron chi connectivity index (χ2n) is 5.87. The third kappa shape index (κ3) is 3.13. The standard InChI is InChI=1S/C19H21NO4/c1-4-12-7-15-8-13(5-6-14(15)10-18(12)22-2)16-9-17(20-11-16)19(21)24-23-3/h4-8,10,16-17,20H,1,9,11H2,2-3H3. The summed E-state index contributed by atoms with van der Waals surface area (Å²) in [6.45, 7) is 4.58. The molecule has 24 heavy (non-hydrogen) atoms. The van der Waals surface area contributed by atoms with E-state index in [-0.39, 0.29) is 17.9 Å². The summed E-state index contributed by atoms with van der Waals surface area (Å²) in [5.41, 5.74) is 2.16. The predicted molar refractivity (Wildman–Crippen MR) is 92.8 cm³/mol. The van der Waals surface area contributed by atoms with E-state index in [9.17, 15) is 4.79 Å². The summed E-state index contributed by atoms with van der Waals surface area (Å²) in [6, 6.07) is 10.1. The van der Waals surface area contributed by atoms with Gasteiger partial charge in [0.25, 0.3) is 0 Å². The zero-order valence-corrected chi connectivity index (χ0v) is 13.9. The van der Waals surface area contributed by atoms with Gasteiger partial charge in [-0.3, -0.25) is 4.89 Å². The highest BCUT2D eigenvalue weighted by Crippen LogP contribution is 2.32. The summed E-state index contributed by atoms with van der Waals surface area (Å²) in [4.78, 5) is 20.8. The third-order valence-corrected chi connectivity index (χ3v) is 4.49. The van der Waals surface area contributed by atoms with E-state index in [2.05, 4.69) is 45.9 Å². The molecule has 0 radical (unpaired) electrons. The van der Waals surface area contributed by atoms with Gasteiger partial charge in [-0.25, -0.2) is 4.79 Å². The molecule has 1 aliphatic rings. The fourth-order valence-electron chi connectivity index (χ4n) is 3.21. The maximum atomic E-state index is 11.8. The molecule has 0 amide bonds. The lowest BCUT2D eigenvalue weighted by Gasteiger charge is -2.12. The summed E-state index contributed by atoms with van der Waals surface area (Å²) in [5.74, 6) is 0.702. The fraction of sp³-hybridized carbons (Fsp3) is 0.316. The number of hydrogen-bond donors (Lipinski definition) is 1. The number of methoxy groups -OCH3 is 1. The smallest absolute Gasteiger partial charge is 0.359 e. The number of ether oxygens (including phenoxy) is 1. The first-order chi connectivity index (χ1) is 11.7. The molecular weight excluding hydrogens is 306 g/mol. The number of fused-ring (bicyclic) bond motifs is 1. The first kappa shape index (κ1) is 16.5. The second kappa shape index (κ2) is 7.03. The van der Waals surface area contributed by atoms with Gasteiger partial charge in [0, 0.05) is 12.1 Å². The molecule has 0 bridgehead atoms. The first-order valence-corrected chi connectivity index (χ1v) is 7.88. The third-order valence-electron chi connectivity index (χ3n) is 4.49. The average molecular weight is 327 g/mol. The normalized spacial score (nSPS) is 20.1. The van der Waals surface area contributed by atoms with Crippen molar-refractivity contribution in [1.82, 2.24) is 5.32 Å². The molecule has 2 unspecified atom stereocenters. The Morgan fingerprint density at radius 3 is 2.79 bits per heavy atom. The number of carbonyl (C=O) groups excluding carboxylic acids is 1. The van der Waals surface area contributed by atoms with Crippen LogP contribution in [0.25, 0.3) is 16.8 Å². The van der Waals surface area contributed by atoms with Crippen LogP contribution in [0, 0.1) is 0 Å². The number of hydrogen-bond acceptors (Lipinski definition) is 5. The van der Waals surface area contributed by atoms with E-state index in [4.69, 9.17) is 4.74 Å². The van der Waals surface area contributed by atoms with Gasteiger partial charge in [-0.15, -0.1) is 0 Å². The van der Waals surface area contributed by atoms with Crippen LogP contribution in [0.4, 0.5) is 0 Å². The summed E-state index contributed by atoms with van der Waals surface area (Å²) in [6.07, 6.45) is 2.48. The van der Waals surface area contributed by atoms with Crippen LogP contribution >= 0.6 is 0 Å². The molecule has 1 N–H and O–H groups in total. The SMILES string of the molecule is C=Cc1cc2cc(C3CNC(C(=O)OOC)C3)ccc2cc1OC. The maximum Gasteiger partial charge on any atom is 0.359 e. The van der Waals surface area contributed by atoms with Gasteiger partial charge in [0.15, 0.2) is 0 Å². The highest BCUT2D eigenvalue weighted by molar-refractivity contribution is 5.88. The number of rotatable bonds is 5. The van der Waals surface area contributed by atoms with Crippen molar-refractivity contribution in [2.45, 2.75) is 18.4 Å². The van der Waals surface area contributed by atoms with Crippen LogP contribution in [0.5, 0.6) is 5.75 Å². The van der Waals surface area contributed by atoms with E-state index in [0.717, 1.165) is 28.6 Å². The Balaban J connectivity index is 1.86. The zero-order valence-electron chi connectivity index (χ0n) is 13.9. The minimum atomic E-state index is -0.375. The van der Waals surface area contributed by atoms with Crippen molar-refractivity contribution in [3.63, 3.8) is 0 Å². The molecule has 0 saturated carbocycles. The van der Waals surface area contributed by atoms with Crippen molar-refractivity contribution in [3.8, 4) is 5.75 Å². The Bertz CT molecular complexity index is 771. The van der Waals surface area contributed by atoms with E-state index in [1.54, 1.807) is 13.2 Å². The summed E-state index contributed by atoms with van der Waals surface area (Å²) >= 11 is 0. The molecular formula is C19H21NO4. The summed E-state index contributed by atoms with van der Waals surface area (Å²) < 4.78 is 5.39. The lowest BCUT2D eigenvalue weighted by atomic mass is 9.93. The Labute approximate surface area is 141 Å². The molecule has 3 rings (SSSR count). The molecule has 2 aromatic rings. The van der Waals surface area contributed by atoms with Crippen LogP contribution in [0.2, 0.25) is 0 Å². The van der Waals surface area contributed by atoms with Gasteiger partial charge < -0.3 is 10.1 Å². The van der Waals surface area contributed by atoms with Crippen LogP contribution in [-0.2, 0) is 14.6 Å². The topological polar surface area (TPSA) is 56.8 Å². The largest absolute Gasteiger partial charge is 0.496 e. The van der Waals surface area contributed by atoms with Gasteiger partial charge in [0.05, 0.1) is 14.2 Å². The summed E-state index contributed by atoms with van der Waals surface area (Å²) in [5, 5.41) is 5.43. The molecule has 1 fully saturated rings. The van der Waals surface area contributed by atoms with Gasteiger partial charge in [-0.1, -0.05) is 30.9 Å². The van der Waals surface area contributed by atoms with Gasteiger partial charge in [0.2, 0.25) is 0 Å². The van der Waals surface area contributed by atoms with Gasteiger partial charge >= 0.3 is 5.97 Å². The van der Waals surface area contributed by atoms with E-state index < -0.39 is 0 Å². The zero-order chi connectivity index (χ0) is 17.1. The van der Waals surface area contributed by atoms with E-state index in [0.29, 0.717) is 6.42 Å². The van der Waals surface area contributed by atoms with Crippen LogP contribution in [0.3, 0.4) is 0 Å². The van der Waals surface area contributed by atoms with Crippen LogP contribution in [-0.4, -0.2) is 32.8 Å². The second-order valence-corrected chi connectivity index (χ2v) is 5.87. The quantitative estimate of drug-likeness (QED) is 0.676. The molecule has 2 aromatic carbocycles. The monoisotopic (exact) mass is 327 g/mol. The minimum Gasteiger partial charge on any atom is -0.496 e. The van der Waals surface area contributed by atoms with Gasteiger partial charge in [-0.2, -0.15) is 4.89 Å². The lowest BCUT2D eigenvalue weighted by molar-refractivity contribution is -0.256. The van der Waals surface area contributed by atoms with Crippen LogP contribution in [0.1, 0.15) is 23.5 Å². The predicted octanol–water partition coefficient (Wildman–Crippen LogP) is 3.04. The molecule has 2 atom stereocenters. The minimum absolute atomic E-state index is 0.262. The van der Waals surface area contributed by atoms with Crippen molar-refractivity contribution in [3.05, 3.63) is 48.0 Å². The average Bonchev–Trinajstić information content (AvgIpc) is 3.10. The van der Waals surface area contributed by atoms with Crippen LogP contribution in [0.15, 0.2) is 36.9 Å². The Morgan fingerprint density at radius 1 is 1.25 bits per heavy atom. The van der Waals surface area contributed by atoms with Crippen molar-refractivity contribution < 1.29 is 19.3 Å². The Kier molecular flexibility index (Phi) is 4.83. The molecule has 5 nitrogen and oxygen atoms in total. The number of nitrogens with one attached hydrogen (secondary N) is 1. The molecule has 1 aliphatic heterocycles. The van der Waals surface area contributed by atoms with Crippen LogP contribution < -0.4 is 10.1 Å². The lowest BCUT2D eigenvalue weighted by Crippen LogP contribution is -2.32. The Morgan fingerprint density at radius 2 is 2.08 bits per heavy atom. The Hall–Kier alpha value is -2.37. The molecule has 0 aliphatic carbocycles.